The molecule has 276 valence electrons. The average Bonchev–Trinajstić information content (AvgIpc) is 3.05. The van der Waals surface area contributed by atoms with E-state index in [1.165, 1.54) is 57.8 Å². The van der Waals surface area contributed by atoms with E-state index in [2.05, 4.69) is 38.2 Å². The van der Waals surface area contributed by atoms with Crippen LogP contribution in [0.2, 0.25) is 0 Å². The van der Waals surface area contributed by atoms with E-state index >= 15 is 0 Å². The summed E-state index contributed by atoms with van der Waals surface area (Å²) < 4.78 is 32.6. The molecule has 0 heterocycles. The number of ether oxygens (including phenoxy) is 2. The van der Waals surface area contributed by atoms with Gasteiger partial charge in [0.2, 0.25) is 0 Å². The van der Waals surface area contributed by atoms with Crippen molar-refractivity contribution in [3.63, 3.8) is 0 Å². The second-order valence-electron chi connectivity index (χ2n) is 12.4. The summed E-state index contributed by atoms with van der Waals surface area (Å²) in [5.41, 5.74) is 5.32. The smallest absolute Gasteiger partial charge is 0.462 e. The molecule has 0 aromatic carbocycles. The maximum absolute atomic E-state index is 12.5. The molecule has 0 aliphatic heterocycles. The van der Waals surface area contributed by atoms with Crippen LogP contribution in [0.1, 0.15) is 168 Å². The highest BCUT2D eigenvalue weighted by molar-refractivity contribution is 7.47. The summed E-state index contributed by atoms with van der Waals surface area (Å²) in [5, 5.41) is 0. The predicted molar refractivity (Wildman–Crippen MR) is 192 cm³/mol. The number of nitrogens with two attached hydrogens (primary N) is 1. The van der Waals surface area contributed by atoms with Crippen molar-refractivity contribution in [1.29, 1.82) is 0 Å². The highest BCUT2D eigenvalue weighted by atomic mass is 31.2. The molecule has 9 nitrogen and oxygen atoms in total. The molecule has 47 heavy (non-hydrogen) atoms. The number of hydrogen-bond acceptors (Lipinski definition) is 8. The number of carbonyl (C=O) groups excluding carboxylic acids is 2. The van der Waals surface area contributed by atoms with Crippen LogP contribution in [0.5, 0.6) is 0 Å². The van der Waals surface area contributed by atoms with Crippen molar-refractivity contribution in [2.45, 2.75) is 174 Å². The molecule has 0 aromatic rings. The summed E-state index contributed by atoms with van der Waals surface area (Å²) in [4.78, 5) is 34.6. The average molecular weight is 688 g/mol. The van der Waals surface area contributed by atoms with Crippen molar-refractivity contribution in [2.75, 3.05) is 26.4 Å². The second kappa shape index (κ2) is 34.4. The van der Waals surface area contributed by atoms with E-state index in [4.69, 9.17) is 24.3 Å². The molecule has 0 aliphatic rings. The zero-order valence-electron chi connectivity index (χ0n) is 30.0. The molecular formula is C37H70NO8P. The molecule has 0 aromatic heterocycles. The van der Waals surface area contributed by atoms with E-state index in [9.17, 15) is 19.0 Å². The lowest BCUT2D eigenvalue weighted by Crippen LogP contribution is -2.29. The minimum Gasteiger partial charge on any atom is -0.462 e. The van der Waals surface area contributed by atoms with Crippen molar-refractivity contribution >= 4 is 19.8 Å². The van der Waals surface area contributed by atoms with Gasteiger partial charge in [-0.05, 0) is 57.8 Å². The van der Waals surface area contributed by atoms with E-state index in [1.54, 1.807) is 0 Å². The van der Waals surface area contributed by atoms with E-state index < -0.39 is 32.5 Å². The standard InChI is InChI=1S/C37H70NO8P/c1-3-5-7-9-11-13-15-16-17-18-19-20-22-24-26-28-30-37(40)46-35(34-45-47(41,42)44-32-31-38)33-43-36(39)29-27-25-23-21-14-12-10-8-6-4-2/h8,10,17-18,35H,3-7,9,11-16,19-34,38H2,1-2H3,(H,41,42)/b10-8-,18-17-. The van der Waals surface area contributed by atoms with Gasteiger partial charge in [0.15, 0.2) is 6.10 Å². The van der Waals surface area contributed by atoms with Gasteiger partial charge in [0, 0.05) is 19.4 Å². The van der Waals surface area contributed by atoms with Gasteiger partial charge in [-0.3, -0.25) is 18.6 Å². The van der Waals surface area contributed by atoms with Gasteiger partial charge in [-0.2, -0.15) is 0 Å². The lowest BCUT2D eigenvalue weighted by Gasteiger charge is -2.19. The summed E-state index contributed by atoms with van der Waals surface area (Å²) in [6.45, 7) is 3.63. The van der Waals surface area contributed by atoms with Crippen molar-refractivity contribution in [3.05, 3.63) is 24.3 Å². The predicted octanol–water partition coefficient (Wildman–Crippen LogP) is 10.0. The largest absolute Gasteiger partial charge is 0.472 e. The van der Waals surface area contributed by atoms with Gasteiger partial charge in [-0.15, -0.1) is 0 Å². The van der Waals surface area contributed by atoms with Gasteiger partial charge in [-0.1, -0.05) is 122 Å². The molecule has 0 spiro atoms. The molecule has 0 aliphatic carbocycles. The molecule has 2 atom stereocenters. The van der Waals surface area contributed by atoms with Crippen LogP contribution < -0.4 is 5.73 Å². The molecule has 0 amide bonds. The fraction of sp³-hybridized carbons (Fsp3) is 0.838. The zero-order chi connectivity index (χ0) is 34.7. The second-order valence-corrected chi connectivity index (χ2v) is 13.9. The van der Waals surface area contributed by atoms with Gasteiger partial charge in [0.25, 0.3) is 0 Å². The number of hydrogen-bond donors (Lipinski definition) is 2. The Labute approximate surface area is 287 Å². The molecule has 0 rings (SSSR count). The number of allylic oxidation sites excluding steroid dienone is 4. The number of unbranched alkanes of at least 4 members (excludes halogenated alkanes) is 18. The summed E-state index contributed by atoms with van der Waals surface area (Å²) in [7, 11) is -4.37. The normalized spacial score (nSPS) is 13.7. The van der Waals surface area contributed by atoms with Crippen LogP contribution in [0.3, 0.4) is 0 Å². The maximum Gasteiger partial charge on any atom is 0.472 e. The monoisotopic (exact) mass is 687 g/mol. The Hall–Kier alpha value is -1.51. The Morgan fingerprint density at radius 1 is 0.617 bits per heavy atom. The van der Waals surface area contributed by atoms with Crippen LogP contribution in [-0.2, 0) is 32.7 Å². The molecule has 0 radical (unpaired) electrons. The quantitative estimate of drug-likeness (QED) is 0.0289. The van der Waals surface area contributed by atoms with Crippen molar-refractivity contribution in [3.8, 4) is 0 Å². The van der Waals surface area contributed by atoms with E-state index in [1.807, 2.05) is 0 Å². The van der Waals surface area contributed by atoms with Crippen LogP contribution in [0.4, 0.5) is 0 Å². The number of phosphoric ester groups is 1. The molecule has 0 saturated heterocycles. The van der Waals surface area contributed by atoms with Crippen LogP contribution >= 0.6 is 7.82 Å². The first-order valence-electron chi connectivity index (χ1n) is 18.8. The highest BCUT2D eigenvalue weighted by Gasteiger charge is 2.25. The Morgan fingerprint density at radius 2 is 1.09 bits per heavy atom. The number of phosphoric acid groups is 1. The summed E-state index contributed by atoms with van der Waals surface area (Å²) in [5.74, 6) is -0.851. The Balaban J connectivity index is 4.23. The van der Waals surface area contributed by atoms with E-state index in [0.717, 1.165) is 77.0 Å². The highest BCUT2D eigenvalue weighted by Crippen LogP contribution is 2.43. The fourth-order valence-corrected chi connectivity index (χ4v) is 5.75. The molecule has 0 fully saturated rings. The zero-order valence-corrected chi connectivity index (χ0v) is 30.9. The van der Waals surface area contributed by atoms with Crippen LogP contribution in [-0.4, -0.2) is 49.3 Å². The van der Waals surface area contributed by atoms with E-state index in [-0.39, 0.29) is 32.6 Å². The first-order chi connectivity index (χ1) is 22.8. The Morgan fingerprint density at radius 3 is 1.60 bits per heavy atom. The molecule has 0 bridgehead atoms. The molecule has 10 heteroatoms. The van der Waals surface area contributed by atoms with Crippen LogP contribution in [0, 0.1) is 0 Å². The summed E-state index contributed by atoms with van der Waals surface area (Å²) in [6.07, 6.45) is 33.5. The van der Waals surface area contributed by atoms with Crippen LogP contribution in [0.15, 0.2) is 24.3 Å². The first kappa shape index (κ1) is 45.5. The molecule has 2 unspecified atom stereocenters. The number of esters is 2. The minimum atomic E-state index is -4.37. The number of rotatable bonds is 35. The minimum absolute atomic E-state index is 0.0515. The Kier molecular flexibility index (Phi) is 33.3. The van der Waals surface area contributed by atoms with E-state index in [0.29, 0.717) is 6.42 Å². The Bertz CT molecular complexity index is 835. The van der Waals surface area contributed by atoms with Gasteiger partial charge < -0.3 is 20.1 Å². The molecule has 3 N–H and O–H groups in total. The van der Waals surface area contributed by atoms with Gasteiger partial charge in [0.1, 0.15) is 6.61 Å². The van der Waals surface area contributed by atoms with Gasteiger partial charge in [-0.25, -0.2) is 4.57 Å². The first-order valence-corrected chi connectivity index (χ1v) is 20.3. The SMILES string of the molecule is CCC/C=C\CCCCCCCC(=O)OCC(COP(=O)(O)OCCN)OC(=O)CCCCCCC/C=C\CCCCCCCCC. The fourth-order valence-electron chi connectivity index (χ4n) is 4.98. The van der Waals surface area contributed by atoms with Gasteiger partial charge >= 0.3 is 19.8 Å². The molecular weight excluding hydrogens is 617 g/mol. The third kappa shape index (κ3) is 34.2. The van der Waals surface area contributed by atoms with Gasteiger partial charge in [0.05, 0.1) is 13.2 Å². The summed E-state index contributed by atoms with van der Waals surface area (Å²) >= 11 is 0. The maximum atomic E-state index is 12.5. The third-order valence-electron chi connectivity index (χ3n) is 7.79. The van der Waals surface area contributed by atoms with Crippen molar-refractivity contribution in [2.24, 2.45) is 5.73 Å². The molecule has 0 saturated carbocycles. The van der Waals surface area contributed by atoms with Crippen molar-refractivity contribution < 1.29 is 37.6 Å². The topological polar surface area (TPSA) is 134 Å². The number of carbonyl (C=O) groups is 2. The lowest BCUT2D eigenvalue weighted by atomic mass is 10.1. The van der Waals surface area contributed by atoms with Crippen molar-refractivity contribution in [1.82, 2.24) is 0 Å². The summed E-state index contributed by atoms with van der Waals surface area (Å²) in [6, 6.07) is 0. The third-order valence-corrected chi connectivity index (χ3v) is 8.77. The van der Waals surface area contributed by atoms with Crippen LogP contribution in [0.25, 0.3) is 0 Å². The lowest BCUT2D eigenvalue weighted by molar-refractivity contribution is -0.161.